The minimum Gasteiger partial charge on any atom is -0.478 e. The van der Waals surface area contributed by atoms with E-state index in [9.17, 15) is 14.7 Å². The Morgan fingerprint density at radius 1 is 1.36 bits per heavy atom. The fraction of sp³-hybridized carbons (Fsp3) is 0.458. The fourth-order valence-corrected chi connectivity index (χ4v) is 4.39. The van der Waals surface area contributed by atoms with Gasteiger partial charge in [0.2, 0.25) is 0 Å². The first kappa shape index (κ1) is 24.8. The zero-order valence-electron chi connectivity index (χ0n) is 18.9. The number of carbonyl (C=O) groups is 2. The number of nitrogens with zero attached hydrogens (tertiary/aromatic N) is 3. The smallest absolute Gasteiger partial charge is 0.337 e. The highest BCUT2D eigenvalue weighted by atomic mass is 35.5. The Morgan fingerprint density at radius 2 is 2.12 bits per heavy atom. The van der Waals surface area contributed by atoms with Crippen LogP contribution < -0.4 is 5.73 Å². The molecule has 0 bridgehead atoms. The summed E-state index contributed by atoms with van der Waals surface area (Å²) in [7, 11) is 0. The number of aromatic nitrogens is 1. The van der Waals surface area contributed by atoms with Crippen molar-refractivity contribution < 1.29 is 19.4 Å². The molecule has 1 fully saturated rings. The predicted octanol–water partition coefficient (Wildman–Crippen LogP) is 3.96. The third-order valence-electron chi connectivity index (χ3n) is 6.15. The Bertz CT molecular complexity index is 1080. The van der Waals surface area contributed by atoms with Gasteiger partial charge in [0.15, 0.2) is 0 Å². The molecule has 0 unspecified atom stereocenters. The summed E-state index contributed by atoms with van der Waals surface area (Å²) < 4.78 is 7.12. The van der Waals surface area contributed by atoms with Crippen LogP contribution in [0, 0.1) is 11.3 Å². The van der Waals surface area contributed by atoms with Crippen LogP contribution in [0.5, 0.6) is 0 Å². The first-order chi connectivity index (χ1) is 15.8. The van der Waals surface area contributed by atoms with Crippen LogP contribution in [0.2, 0.25) is 5.02 Å². The number of carboxylic acid groups (broad SMARTS) is 1. The van der Waals surface area contributed by atoms with Crippen molar-refractivity contribution in [2.75, 3.05) is 13.2 Å². The number of rotatable bonds is 4. The number of hydrogen-bond donors (Lipinski definition) is 2. The molecule has 0 saturated carbocycles. The Labute approximate surface area is 198 Å². The topological polar surface area (TPSA) is 122 Å². The molecule has 1 amide bonds. The summed E-state index contributed by atoms with van der Waals surface area (Å²) >= 11 is 5.85. The number of nitrogens with two attached hydrogens (primary N) is 1. The highest BCUT2D eigenvalue weighted by Gasteiger charge is 2.31. The first-order valence-electron chi connectivity index (χ1n) is 11.1. The molecule has 176 valence electrons. The van der Waals surface area contributed by atoms with Crippen molar-refractivity contribution >= 4 is 23.5 Å². The number of nitriles is 1. The van der Waals surface area contributed by atoms with E-state index in [4.69, 9.17) is 27.3 Å². The van der Waals surface area contributed by atoms with Crippen LogP contribution in [-0.2, 0) is 17.9 Å². The van der Waals surface area contributed by atoms with Crippen molar-refractivity contribution in [1.82, 2.24) is 9.47 Å². The van der Waals surface area contributed by atoms with Gasteiger partial charge in [-0.3, -0.25) is 4.79 Å². The van der Waals surface area contributed by atoms with Crippen molar-refractivity contribution in [2.45, 2.75) is 58.3 Å². The lowest BCUT2D eigenvalue weighted by Crippen LogP contribution is -2.35. The molecule has 0 aliphatic carbocycles. The number of carbonyl (C=O) groups excluding carboxylic acids is 1. The van der Waals surface area contributed by atoms with Gasteiger partial charge in [0.25, 0.3) is 5.91 Å². The Hall–Kier alpha value is -2.86. The van der Waals surface area contributed by atoms with E-state index in [2.05, 4.69) is 0 Å². The molecule has 4 rings (SSSR count). The molecule has 8 nitrogen and oxygen atoms in total. The second-order valence-electron chi connectivity index (χ2n) is 8.25. The standard InChI is InChI=1S/C14H18N2O4.C10H11ClN2/c1-9-3-2-4-15(9)13(17)11-7-10(14(18)19)12-8-20-6-5-16(11)12;1-2-10(13)7-3-4-8(6-12)9(11)5-7/h7,9H,2-6,8H2,1H3,(H,18,19);3-5,10H,2,13H2,1H3/t9-;10-/m01/s1. The third-order valence-corrected chi connectivity index (χ3v) is 6.46. The highest BCUT2D eigenvalue weighted by Crippen LogP contribution is 2.25. The maximum atomic E-state index is 12.6. The van der Waals surface area contributed by atoms with Gasteiger partial charge in [0.1, 0.15) is 11.8 Å². The lowest BCUT2D eigenvalue weighted by molar-refractivity contribution is 0.0640. The van der Waals surface area contributed by atoms with E-state index in [1.165, 1.54) is 6.07 Å². The quantitative estimate of drug-likeness (QED) is 0.694. The number of hydrogen-bond acceptors (Lipinski definition) is 5. The zero-order chi connectivity index (χ0) is 24.1. The van der Waals surface area contributed by atoms with E-state index < -0.39 is 5.97 Å². The van der Waals surface area contributed by atoms with Crippen LogP contribution in [0.4, 0.5) is 0 Å². The van der Waals surface area contributed by atoms with E-state index >= 15 is 0 Å². The summed E-state index contributed by atoms with van der Waals surface area (Å²) in [6.45, 7) is 6.09. The second-order valence-corrected chi connectivity index (χ2v) is 8.66. The number of benzene rings is 1. The molecule has 3 heterocycles. The molecule has 2 atom stereocenters. The summed E-state index contributed by atoms with van der Waals surface area (Å²) in [4.78, 5) is 25.8. The van der Waals surface area contributed by atoms with E-state index in [1.807, 2.05) is 30.9 Å². The summed E-state index contributed by atoms with van der Waals surface area (Å²) in [5.74, 6) is -1.07. The molecule has 1 aromatic carbocycles. The molecule has 9 heteroatoms. The van der Waals surface area contributed by atoms with Crippen molar-refractivity contribution in [3.63, 3.8) is 0 Å². The van der Waals surface area contributed by atoms with E-state index in [0.717, 1.165) is 31.4 Å². The van der Waals surface area contributed by atoms with Crippen LogP contribution in [0.15, 0.2) is 24.3 Å². The normalized spacial score (nSPS) is 18.0. The molecule has 2 aliphatic rings. The number of aromatic carboxylic acids is 1. The van der Waals surface area contributed by atoms with Gasteiger partial charge in [-0.1, -0.05) is 24.6 Å². The average molecular weight is 473 g/mol. The molecule has 2 aromatic rings. The number of fused-ring (bicyclic) bond motifs is 1. The first-order valence-corrected chi connectivity index (χ1v) is 11.5. The Morgan fingerprint density at radius 3 is 2.70 bits per heavy atom. The highest BCUT2D eigenvalue weighted by molar-refractivity contribution is 6.31. The molecule has 0 spiro atoms. The number of ether oxygens (including phenoxy) is 1. The van der Waals surface area contributed by atoms with Crippen molar-refractivity contribution in [1.29, 1.82) is 5.26 Å². The largest absolute Gasteiger partial charge is 0.478 e. The van der Waals surface area contributed by atoms with Crippen molar-refractivity contribution in [3.8, 4) is 6.07 Å². The van der Waals surface area contributed by atoms with Gasteiger partial charge in [0.05, 0.1) is 35.1 Å². The van der Waals surface area contributed by atoms with Gasteiger partial charge in [-0.05, 0) is 49.9 Å². The van der Waals surface area contributed by atoms with Gasteiger partial charge in [-0.15, -0.1) is 0 Å². The lowest BCUT2D eigenvalue weighted by atomic mass is 10.0. The number of carboxylic acids is 1. The molecule has 1 saturated heterocycles. The molecular formula is C24H29ClN4O4. The van der Waals surface area contributed by atoms with Gasteiger partial charge in [-0.25, -0.2) is 4.79 Å². The van der Waals surface area contributed by atoms with E-state index in [0.29, 0.717) is 35.1 Å². The van der Waals surface area contributed by atoms with Gasteiger partial charge in [0, 0.05) is 25.2 Å². The van der Waals surface area contributed by atoms with Gasteiger partial charge < -0.3 is 25.0 Å². The van der Waals surface area contributed by atoms with E-state index in [-0.39, 0.29) is 30.2 Å². The maximum Gasteiger partial charge on any atom is 0.337 e. The minimum absolute atomic E-state index is 0.00485. The number of likely N-dealkylation sites (tertiary alicyclic amines) is 1. The molecular weight excluding hydrogens is 444 g/mol. The Balaban J connectivity index is 0.000000205. The predicted molar refractivity (Wildman–Crippen MR) is 124 cm³/mol. The second kappa shape index (κ2) is 10.8. The number of amides is 1. The van der Waals surface area contributed by atoms with Gasteiger partial charge >= 0.3 is 5.97 Å². The average Bonchev–Trinajstić information content (AvgIpc) is 3.42. The van der Waals surface area contributed by atoms with Crippen LogP contribution in [0.25, 0.3) is 0 Å². The summed E-state index contributed by atoms with van der Waals surface area (Å²) in [5, 5.41) is 18.4. The number of halogens is 1. The molecule has 3 N–H and O–H groups in total. The summed E-state index contributed by atoms with van der Waals surface area (Å²) in [6.07, 6.45) is 2.88. The van der Waals surface area contributed by atoms with Gasteiger partial charge in [-0.2, -0.15) is 5.26 Å². The SMILES string of the molecule is CC[C@@H](N)c1ccc(C#N)c(Cl)c1.C[C@H]1CCCN1C(=O)c1cc(C(=O)O)c2n1CCOC2. The molecule has 2 aliphatic heterocycles. The zero-order valence-corrected chi connectivity index (χ0v) is 19.6. The summed E-state index contributed by atoms with van der Waals surface area (Å²) in [5.41, 5.74) is 8.54. The van der Waals surface area contributed by atoms with Crippen molar-refractivity contribution in [2.24, 2.45) is 5.73 Å². The minimum atomic E-state index is -1.01. The molecule has 1 aromatic heterocycles. The van der Waals surface area contributed by atoms with E-state index in [1.54, 1.807) is 16.7 Å². The van der Waals surface area contributed by atoms with Crippen LogP contribution in [0.3, 0.4) is 0 Å². The Kier molecular flexibility index (Phi) is 8.14. The molecule has 0 radical (unpaired) electrons. The third kappa shape index (κ3) is 5.38. The van der Waals surface area contributed by atoms with Crippen molar-refractivity contribution in [3.05, 3.63) is 57.4 Å². The van der Waals surface area contributed by atoms with Crippen LogP contribution >= 0.6 is 11.6 Å². The summed E-state index contributed by atoms with van der Waals surface area (Å²) in [6, 6.07) is 9.04. The monoisotopic (exact) mass is 472 g/mol. The molecule has 33 heavy (non-hydrogen) atoms. The lowest BCUT2D eigenvalue weighted by Gasteiger charge is -2.24. The maximum absolute atomic E-state index is 12.6. The van der Waals surface area contributed by atoms with Crippen LogP contribution in [0.1, 0.15) is 76.8 Å². The van der Waals surface area contributed by atoms with Crippen LogP contribution in [-0.4, -0.2) is 45.6 Å². The fourth-order valence-electron chi connectivity index (χ4n) is 4.16.